The van der Waals surface area contributed by atoms with Crippen LogP contribution in [0.5, 0.6) is 0 Å². The van der Waals surface area contributed by atoms with Gasteiger partial charge in [0.25, 0.3) is 0 Å². The van der Waals surface area contributed by atoms with Crippen LogP contribution < -0.4 is 0 Å². The van der Waals surface area contributed by atoms with Gasteiger partial charge in [0, 0.05) is 0 Å². The summed E-state index contributed by atoms with van der Waals surface area (Å²) in [6.07, 6.45) is 4.85. The summed E-state index contributed by atoms with van der Waals surface area (Å²) in [5, 5.41) is 8.94. The molecule has 0 aromatic heterocycles. The van der Waals surface area contributed by atoms with Crippen LogP contribution in [0.25, 0.3) is 0 Å². The molecule has 1 saturated carbocycles. The molecule has 0 radical (unpaired) electrons. The van der Waals surface area contributed by atoms with Gasteiger partial charge in [-0.25, -0.2) is 0 Å². The summed E-state index contributed by atoms with van der Waals surface area (Å²) in [6, 6.07) is 0. The van der Waals surface area contributed by atoms with Crippen LogP contribution in [-0.2, 0) is 0 Å². The van der Waals surface area contributed by atoms with Crippen LogP contribution >= 0.6 is 0 Å². The zero-order valence-electron chi connectivity index (χ0n) is 6.35. The largest absolute Gasteiger partial charge is 0.393 e. The average molecular weight is 128 g/mol. The van der Waals surface area contributed by atoms with E-state index in [2.05, 4.69) is 6.92 Å². The van der Waals surface area contributed by atoms with Crippen molar-refractivity contribution in [3.63, 3.8) is 0 Å². The molecule has 1 aliphatic rings. The molecule has 9 heavy (non-hydrogen) atoms. The molecule has 1 N–H and O–H groups in total. The van der Waals surface area contributed by atoms with Crippen LogP contribution in [0.3, 0.4) is 0 Å². The van der Waals surface area contributed by atoms with Crippen molar-refractivity contribution in [2.45, 2.75) is 45.6 Å². The third kappa shape index (κ3) is 2.35. The molecule has 0 spiro atoms. The number of aliphatic hydroxyl groups excluding tert-OH is 1. The van der Waals surface area contributed by atoms with E-state index in [4.69, 9.17) is 5.11 Å². The molecule has 0 saturated heterocycles. The number of hydrogen-bond acceptors (Lipinski definition) is 1. The summed E-state index contributed by atoms with van der Waals surface area (Å²) in [5.74, 6) is 0. The van der Waals surface area contributed by atoms with Crippen molar-refractivity contribution in [2.24, 2.45) is 5.41 Å². The van der Waals surface area contributed by atoms with Gasteiger partial charge in [0.1, 0.15) is 0 Å². The number of rotatable bonds is 3. The van der Waals surface area contributed by atoms with Gasteiger partial charge in [-0.05, 0) is 38.0 Å². The number of aliphatic hydroxyl groups is 1. The molecule has 0 bridgehead atoms. The fourth-order valence-corrected chi connectivity index (χ4v) is 1.02. The molecule has 54 valence electrons. The molecule has 1 rings (SSSR count). The average Bonchev–Trinajstić information content (AvgIpc) is 2.45. The number of hydrogen-bond donors (Lipinski definition) is 1. The molecule has 0 aromatic carbocycles. The van der Waals surface area contributed by atoms with E-state index in [1.807, 2.05) is 6.92 Å². The molecule has 1 heteroatoms. The van der Waals surface area contributed by atoms with Crippen LogP contribution in [0.2, 0.25) is 0 Å². The lowest BCUT2D eigenvalue weighted by Gasteiger charge is -2.08. The Kier molecular flexibility index (Phi) is 1.80. The van der Waals surface area contributed by atoms with E-state index >= 15 is 0 Å². The zero-order chi connectivity index (χ0) is 6.91. The molecule has 1 atom stereocenters. The minimum atomic E-state index is -0.0950. The van der Waals surface area contributed by atoms with Gasteiger partial charge in [-0.3, -0.25) is 0 Å². The maximum absolute atomic E-state index is 8.94. The normalized spacial score (nSPS) is 25.7. The molecule has 0 heterocycles. The summed E-state index contributed by atoms with van der Waals surface area (Å²) < 4.78 is 0. The maximum Gasteiger partial charge on any atom is 0.0512 e. The minimum Gasteiger partial charge on any atom is -0.393 e. The molecule has 1 nitrogen and oxygen atoms in total. The molecule has 1 aliphatic carbocycles. The van der Waals surface area contributed by atoms with Crippen molar-refractivity contribution in [1.29, 1.82) is 0 Å². The lowest BCUT2D eigenvalue weighted by molar-refractivity contribution is 0.172. The highest BCUT2D eigenvalue weighted by Crippen LogP contribution is 2.48. The predicted octanol–water partition coefficient (Wildman–Crippen LogP) is 1.95. The van der Waals surface area contributed by atoms with Gasteiger partial charge in [-0.2, -0.15) is 0 Å². The van der Waals surface area contributed by atoms with Gasteiger partial charge in [-0.15, -0.1) is 0 Å². The summed E-state index contributed by atoms with van der Waals surface area (Å²) in [7, 11) is 0. The van der Waals surface area contributed by atoms with Gasteiger partial charge in [-0.1, -0.05) is 6.92 Å². The fourth-order valence-electron chi connectivity index (χ4n) is 1.02. The van der Waals surface area contributed by atoms with Gasteiger partial charge >= 0.3 is 0 Å². The molecule has 0 unspecified atom stereocenters. The van der Waals surface area contributed by atoms with Gasteiger partial charge in [0.2, 0.25) is 0 Å². The van der Waals surface area contributed by atoms with Crippen molar-refractivity contribution in [3.8, 4) is 0 Å². The van der Waals surface area contributed by atoms with E-state index < -0.39 is 0 Å². The molecular formula is C8H16O. The Labute approximate surface area is 57.1 Å². The second kappa shape index (κ2) is 2.30. The van der Waals surface area contributed by atoms with Crippen molar-refractivity contribution in [1.82, 2.24) is 0 Å². The van der Waals surface area contributed by atoms with Crippen LogP contribution in [0.1, 0.15) is 39.5 Å². The van der Waals surface area contributed by atoms with E-state index in [-0.39, 0.29) is 6.10 Å². The van der Waals surface area contributed by atoms with Crippen LogP contribution in [0, 0.1) is 5.41 Å². The highest BCUT2D eigenvalue weighted by atomic mass is 16.3. The summed E-state index contributed by atoms with van der Waals surface area (Å²) in [6.45, 7) is 4.17. The summed E-state index contributed by atoms with van der Waals surface area (Å²) >= 11 is 0. The van der Waals surface area contributed by atoms with E-state index in [1.165, 1.54) is 19.3 Å². The van der Waals surface area contributed by atoms with E-state index in [0.717, 1.165) is 6.42 Å². The van der Waals surface area contributed by atoms with Crippen molar-refractivity contribution in [3.05, 3.63) is 0 Å². The quantitative estimate of drug-likeness (QED) is 0.616. The Morgan fingerprint density at radius 3 is 2.44 bits per heavy atom. The Hall–Kier alpha value is -0.0400. The van der Waals surface area contributed by atoms with Crippen LogP contribution in [-0.4, -0.2) is 11.2 Å². The Bertz CT molecular complexity index is 92.7. The SMILES string of the molecule is C[C@H](O)CCC1(C)CC1. The highest BCUT2D eigenvalue weighted by Gasteiger charge is 2.36. The smallest absolute Gasteiger partial charge is 0.0512 e. The maximum atomic E-state index is 8.94. The second-order valence-corrected chi connectivity index (χ2v) is 3.70. The summed E-state index contributed by atoms with van der Waals surface area (Å²) in [5.41, 5.74) is 0.622. The molecule has 1 fully saturated rings. The molecule has 0 aromatic rings. The minimum absolute atomic E-state index is 0.0950. The van der Waals surface area contributed by atoms with Crippen molar-refractivity contribution >= 4 is 0 Å². The lowest BCUT2D eigenvalue weighted by atomic mass is 10.0. The van der Waals surface area contributed by atoms with Gasteiger partial charge in [0.15, 0.2) is 0 Å². The Morgan fingerprint density at radius 1 is 1.56 bits per heavy atom. The molecular weight excluding hydrogens is 112 g/mol. The second-order valence-electron chi connectivity index (χ2n) is 3.70. The first-order valence-corrected chi connectivity index (χ1v) is 3.80. The van der Waals surface area contributed by atoms with Gasteiger partial charge in [0.05, 0.1) is 6.10 Å². The fraction of sp³-hybridized carbons (Fsp3) is 1.00. The standard InChI is InChI=1S/C8H16O/c1-7(9)3-4-8(2)5-6-8/h7,9H,3-6H2,1-2H3/t7-/m0/s1. The molecule has 0 amide bonds. The Morgan fingerprint density at radius 2 is 2.11 bits per heavy atom. The van der Waals surface area contributed by atoms with Crippen molar-refractivity contribution in [2.75, 3.05) is 0 Å². The van der Waals surface area contributed by atoms with E-state index in [0.29, 0.717) is 5.41 Å². The highest BCUT2D eigenvalue weighted by molar-refractivity contribution is 4.88. The third-order valence-corrected chi connectivity index (χ3v) is 2.27. The monoisotopic (exact) mass is 128 g/mol. The third-order valence-electron chi connectivity index (χ3n) is 2.27. The first-order chi connectivity index (χ1) is 4.12. The van der Waals surface area contributed by atoms with Gasteiger partial charge < -0.3 is 5.11 Å². The van der Waals surface area contributed by atoms with Crippen LogP contribution in [0.4, 0.5) is 0 Å². The molecule has 0 aliphatic heterocycles. The topological polar surface area (TPSA) is 20.2 Å². The first-order valence-electron chi connectivity index (χ1n) is 3.80. The van der Waals surface area contributed by atoms with Crippen LogP contribution in [0.15, 0.2) is 0 Å². The first kappa shape index (κ1) is 7.07. The van der Waals surface area contributed by atoms with E-state index in [1.54, 1.807) is 0 Å². The Balaban J connectivity index is 2.05. The van der Waals surface area contributed by atoms with Crippen molar-refractivity contribution < 1.29 is 5.11 Å². The lowest BCUT2D eigenvalue weighted by Crippen LogP contribution is -2.03. The zero-order valence-corrected chi connectivity index (χ0v) is 6.35. The predicted molar refractivity (Wildman–Crippen MR) is 38.3 cm³/mol. The summed E-state index contributed by atoms with van der Waals surface area (Å²) in [4.78, 5) is 0. The van der Waals surface area contributed by atoms with E-state index in [9.17, 15) is 0 Å².